The Morgan fingerprint density at radius 3 is 3.06 bits per heavy atom. The van der Waals surface area contributed by atoms with Gasteiger partial charge in [-0.05, 0) is 30.0 Å². The standard InChI is InChI=1S/C12H16ClNOS/c1-15-11-9-14(8-4-7-13)16-12-6-3-2-5-10(11)12/h2-3,5-6,11H,4,7-9H2,1H3. The molecule has 0 saturated carbocycles. The van der Waals surface area contributed by atoms with Crippen molar-refractivity contribution in [1.29, 1.82) is 0 Å². The number of benzene rings is 1. The summed E-state index contributed by atoms with van der Waals surface area (Å²) < 4.78 is 7.87. The molecule has 1 aliphatic heterocycles. The minimum Gasteiger partial charge on any atom is -0.375 e. The van der Waals surface area contributed by atoms with Crippen LogP contribution in [-0.2, 0) is 4.74 Å². The highest BCUT2D eigenvalue weighted by molar-refractivity contribution is 7.97. The molecule has 0 N–H and O–H groups in total. The van der Waals surface area contributed by atoms with E-state index in [1.807, 2.05) is 11.9 Å². The topological polar surface area (TPSA) is 12.5 Å². The average molecular weight is 258 g/mol. The predicted octanol–water partition coefficient (Wildman–Crippen LogP) is 3.33. The Kier molecular flexibility index (Phi) is 4.53. The first kappa shape index (κ1) is 12.2. The molecule has 0 spiro atoms. The van der Waals surface area contributed by atoms with Gasteiger partial charge in [-0.2, -0.15) is 0 Å². The van der Waals surface area contributed by atoms with Gasteiger partial charge in [0.2, 0.25) is 0 Å². The minimum absolute atomic E-state index is 0.188. The van der Waals surface area contributed by atoms with E-state index in [0.29, 0.717) is 0 Å². The highest BCUT2D eigenvalue weighted by Crippen LogP contribution is 2.37. The monoisotopic (exact) mass is 257 g/mol. The Labute approximate surface area is 106 Å². The lowest BCUT2D eigenvalue weighted by Gasteiger charge is -2.32. The zero-order valence-corrected chi connectivity index (χ0v) is 10.9. The van der Waals surface area contributed by atoms with Crippen LogP contribution in [0.1, 0.15) is 18.1 Å². The Bertz CT molecular complexity index is 348. The highest BCUT2D eigenvalue weighted by Gasteiger charge is 2.25. The van der Waals surface area contributed by atoms with Gasteiger partial charge in [0.05, 0.1) is 6.10 Å². The number of hydrogen-bond acceptors (Lipinski definition) is 3. The molecule has 1 heterocycles. The smallest absolute Gasteiger partial charge is 0.0968 e. The van der Waals surface area contributed by atoms with E-state index in [-0.39, 0.29) is 6.10 Å². The summed E-state index contributed by atoms with van der Waals surface area (Å²) in [5.41, 5.74) is 1.30. The molecule has 2 rings (SSSR count). The fourth-order valence-corrected chi connectivity index (χ4v) is 3.14. The molecule has 88 valence electrons. The number of fused-ring (bicyclic) bond motifs is 1. The highest BCUT2D eigenvalue weighted by atomic mass is 35.5. The maximum Gasteiger partial charge on any atom is 0.0968 e. The molecule has 0 bridgehead atoms. The lowest BCUT2D eigenvalue weighted by atomic mass is 10.1. The van der Waals surface area contributed by atoms with Crippen molar-refractivity contribution in [3.63, 3.8) is 0 Å². The molecular formula is C12H16ClNOS. The molecule has 4 heteroatoms. The van der Waals surface area contributed by atoms with Gasteiger partial charge in [0.15, 0.2) is 0 Å². The Hall–Kier alpha value is -0.220. The SMILES string of the molecule is COC1CN(CCCCl)Sc2ccccc21. The van der Waals surface area contributed by atoms with E-state index >= 15 is 0 Å². The van der Waals surface area contributed by atoms with Gasteiger partial charge in [0, 0.05) is 31.0 Å². The fourth-order valence-electron chi connectivity index (χ4n) is 1.86. The van der Waals surface area contributed by atoms with Gasteiger partial charge in [-0.15, -0.1) is 11.6 Å². The second-order valence-corrected chi connectivity index (χ2v) is 5.30. The van der Waals surface area contributed by atoms with E-state index in [0.717, 1.165) is 25.4 Å². The maximum absolute atomic E-state index is 5.72. The number of alkyl halides is 1. The molecule has 16 heavy (non-hydrogen) atoms. The zero-order chi connectivity index (χ0) is 11.4. The third kappa shape index (κ3) is 2.72. The quantitative estimate of drug-likeness (QED) is 0.607. The van der Waals surface area contributed by atoms with Gasteiger partial charge in [0.1, 0.15) is 0 Å². The van der Waals surface area contributed by atoms with Crippen LogP contribution >= 0.6 is 23.5 Å². The molecule has 1 aliphatic rings. The summed E-state index contributed by atoms with van der Waals surface area (Å²) >= 11 is 7.53. The van der Waals surface area contributed by atoms with Gasteiger partial charge in [0.25, 0.3) is 0 Å². The third-order valence-corrected chi connectivity index (χ3v) is 4.11. The molecule has 2 nitrogen and oxygen atoms in total. The number of nitrogens with zero attached hydrogens (tertiary/aromatic N) is 1. The zero-order valence-electron chi connectivity index (χ0n) is 9.36. The van der Waals surface area contributed by atoms with Crippen LogP contribution in [0.15, 0.2) is 29.2 Å². The summed E-state index contributed by atoms with van der Waals surface area (Å²) in [4.78, 5) is 1.30. The van der Waals surface area contributed by atoms with Gasteiger partial charge in [-0.3, -0.25) is 0 Å². The second kappa shape index (κ2) is 5.92. The van der Waals surface area contributed by atoms with Crippen LogP contribution in [0.3, 0.4) is 0 Å². The van der Waals surface area contributed by atoms with Crippen molar-refractivity contribution in [3.8, 4) is 0 Å². The Balaban J connectivity index is 2.12. The first-order valence-electron chi connectivity index (χ1n) is 5.45. The first-order chi connectivity index (χ1) is 7.85. The molecule has 1 aromatic carbocycles. The van der Waals surface area contributed by atoms with Gasteiger partial charge >= 0.3 is 0 Å². The van der Waals surface area contributed by atoms with Crippen LogP contribution in [0.5, 0.6) is 0 Å². The van der Waals surface area contributed by atoms with E-state index in [9.17, 15) is 0 Å². The van der Waals surface area contributed by atoms with Crippen LogP contribution in [0.25, 0.3) is 0 Å². The molecule has 0 saturated heterocycles. The molecule has 0 fully saturated rings. The van der Waals surface area contributed by atoms with Crippen molar-refractivity contribution >= 4 is 23.5 Å². The van der Waals surface area contributed by atoms with Crippen molar-refractivity contribution in [2.24, 2.45) is 0 Å². The normalized spacial score (nSPS) is 20.8. The summed E-state index contributed by atoms with van der Waals surface area (Å²) in [6.45, 7) is 1.96. The van der Waals surface area contributed by atoms with E-state index in [1.165, 1.54) is 10.5 Å². The molecular weight excluding hydrogens is 242 g/mol. The Morgan fingerprint density at radius 2 is 2.31 bits per heavy atom. The number of halogens is 1. The minimum atomic E-state index is 0.188. The van der Waals surface area contributed by atoms with E-state index in [4.69, 9.17) is 16.3 Å². The average Bonchev–Trinajstić information content (AvgIpc) is 2.35. The molecule has 1 aromatic rings. The lowest BCUT2D eigenvalue weighted by molar-refractivity contribution is 0.0817. The van der Waals surface area contributed by atoms with Crippen LogP contribution in [0, 0.1) is 0 Å². The van der Waals surface area contributed by atoms with Crippen molar-refractivity contribution < 1.29 is 4.74 Å². The predicted molar refractivity (Wildman–Crippen MR) is 69.0 cm³/mol. The van der Waals surface area contributed by atoms with Crippen LogP contribution < -0.4 is 0 Å². The molecule has 0 aliphatic carbocycles. The van der Waals surface area contributed by atoms with Crippen LogP contribution in [-0.4, -0.2) is 30.4 Å². The molecule has 0 amide bonds. The van der Waals surface area contributed by atoms with E-state index in [2.05, 4.69) is 28.6 Å². The summed E-state index contributed by atoms with van der Waals surface area (Å²) in [5.74, 6) is 0.719. The molecule has 0 aromatic heterocycles. The fraction of sp³-hybridized carbons (Fsp3) is 0.500. The van der Waals surface area contributed by atoms with Gasteiger partial charge in [-0.25, -0.2) is 4.31 Å². The maximum atomic E-state index is 5.72. The summed E-state index contributed by atoms with van der Waals surface area (Å²) in [7, 11) is 1.77. The van der Waals surface area contributed by atoms with E-state index in [1.54, 1.807) is 7.11 Å². The van der Waals surface area contributed by atoms with Crippen LogP contribution in [0.2, 0.25) is 0 Å². The molecule has 1 unspecified atom stereocenters. The number of ether oxygens (including phenoxy) is 1. The third-order valence-electron chi connectivity index (χ3n) is 2.69. The van der Waals surface area contributed by atoms with Gasteiger partial charge < -0.3 is 4.74 Å². The molecule has 0 radical (unpaired) electrons. The van der Waals surface area contributed by atoms with Crippen molar-refractivity contribution in [3.05, 3.63) is 29.8 Å². The Morgan fingerprint density at radius 1 is 1.50 bits per heavy atom. The van der Waals surface area contributed by atoms with E-state index < -0.39 is 0 Å². The number of hydrogen-bond donors (Lipinski definition) is 0. The lowest BCUT2D eigenvalue weighted by Crippen LogP contribution is -2.28. The summed E-state index contributed by atoms with van der Waals surface area (Å²) in [6.07, 6.45) is 1.21. The number of rotatable bonds is 4. The van der Waals surface area contributed by atoms with Crippen LogP contribution in [0.4, 0.5) is 0 Å². The largest absolute Gasteiger partial charge is 0.375 e. The first-order valence-corrected chi connectivity index (χ1v) is 6.76. The van der Waals surface area contributed by atoms with Crippen molar-refractivity contribution in [2.45, 2.75) is 17.4 Å². The summed E-state index contributed by atoms with van der Waals surface area (Å²) in [5, 5.41) is 0. The number of methoxy groups -OCH3 is 1. The molecule has 1 atom stereocenters. The van der Waals surface area contributed by atoms with Crippen molar-refractivity contribution in [1.82, 2.24) is 4.31 Å². The van der Waals surface area contributed by atoms with Gasteiger partial charge in [-0.1, -0.05) is 18.2 Å². The van der Waals surface area contributed by atoms with Crippen molar-refractivity contribution in [2.75, 3.05) is 26.1 Å². The summed E-state index contributed by atoms with van der Waals surface area (Å²) in [6, 6.07) is 8.44. The second-order valence-electron chi connectivity index (χ2n) is 3.78.